The molecule has 174 valence electrons. The average molecular weight is 449 g/mol. The highest BCUT2D eigenvalue weighted by atomic mass is 16.2. The van der Waals surface area contributed by atoms with Crippen molar-refractivity contribution in [3.8, 4) is 0 Å². The predicted molar refractivity (Wildman–Crippen MR) is 127 cm³/mol. The van der Waals surface area contributed by atoms with E-state index >= 15 is 0 Å². The zero-order chi connectivity index (χ0) is 23.4. The zero-order valence-electron chi connectivity index (χ0n) is 19.4. The lowest BCUT2D eigenvalue weighted by molar-refractivity contribution is -0.146. The van der Waals surface area contributed by atoms with Crippen LogP contribution in [0, 0.1) is 0 Å². The minimum absolute atomic E-state index is 0.0230. The molecule has 3 aliphatic rings. The van der Waals surface area contributed by atoms with Crippen LogP contribution < -0.4 is 5.32 Å². The Morgan fingerprint density at radius 1 is 1.21 bits per heavy atom. The minimum atomic E-state index is -1.14. The zero-order valence-corrected chi connectivity index (χ0v) is 19.4. The van der Waals surface area contributed by atoms with Gasteiger partial charge in [-0.05, 0) is 50.8 Å². The number of carbonyl (C=O) groups is 3. The van der Waals surface area contributed by atoms with Crippen molar-refractivity contribution in [2.75, 3.05) is 13.1 Å². The molecule has 4 rings (SSSR count). The number of hydrogen-bond donors (Lipinski definition) is 1. The van der Waals surface area contributed by atoms with E-state index in [0.717, 1.165) is 36.9 Å². The number of nitrogens with one attached hydrogen (secondary N) is 1. The van der Waals surface area contributed by atoms with Crippen LogP contribution in [-0.2, 0) is 20.8 Å². The molecule has 7 nitrogen and oxygen atoms in total. The van der Waals surface area contributed by atoms with Crippen LogP contribution in [0.3, 0.4) is 0 Å². The molecule has 1 N–H and O–H groups in total. The molecular formula is C26H32N4O3. The molecule has 1 saturated carbocycles. The number of benzene rings is 1. The van der Waals surface area contributed by atoms with Crippen molar-refractivity contribution in [1.82, 2.24) is 15.1 Å². The first-order chi connectivity index (χ1) is 15.9. The second kappa shape index (κ2) is 9.73. The van der Waals surface area contributed by atoms with Gasteiger partial charge in [0.05, 0.1) is 13.0 Å². The van der Waals surface area contributed by atoms with Gasteiger partial charge >= 0.3 is 0 Å². The van der Waals surface area contributed by atoms with Gasteiger partial charge in [-0.15, -0.1) is 0 Å². The quantitative estimate of drug-likeness (QED) is 0.695. The molecule has 1 fully saturated rings. The third kappa shape index (κ3) is 5.07. The Bertz CT molecular complexity index is 1010. The summed E-state index contributed by atoms with van der Waals surface area (Å²) in [6.45, 7) is 4.05. The first kappa shape index (κ1) is 23.0. The molecule has 1 unspecified atom stereocenters. The Hall–Kier alpha value is -3.22. The van der Waals surface area contributed by atoms with Gasteiger partial charge in [-0.1, -0.05) is 49.2 Å². The van der Waals surface area contributed by atoms with E-state index < -0.39 is 5.54 Å². The lowest BCUT2D eigenvalue weighted by Crippen LogP contribution is -2.63. The van der Waals surface area contributed by atoms with Crippen molar-refractivity contribution in [3.05, 3.63) is 59.8 Å². The number of hydrogen-bond acceptors (Lipinski definition) is 4. The number of amides is 3. The minimum Gasteiger partial charge on any atom is -0.352 e. The largest absolute Gasteiger partial charge is 0.352 e. The predicted octanol–water partition coefficient (Wildman–Crippen LogP) is 2.98. The van der Waals surface area contributed by atoms with Crippen LogP contribution in [0.4, 0.5) is 0 Å². The number of nitrogens with zero attached hydrogens (tertiary/aromatic N) is 3. The highest BCUT2D eigenvalue weighted by Gasteiger charge is 2.48. The second-order valence-corrected chi connectivity index (χ2v) is 9.33. The molecule has 1 aromatic carbocycles. The molecule has 2 heterocycles. The summed E-state index contributed by atoms with van der Waals surface area (Å²) < 4.78 is 0. The Kier molecular flexibility index (Phi) is 6.77. The molecule has 0 spiro atoms. The maximum absolute atomic E-state index is 14.0. The maximum Gasteiger partial charge on any atom is 0.250 e. The van der Waals surface area contributed by atoms with E-state index in [-0.39, 0.29) is 36.7 Å². The van der Waals surface area contributed by atoms with E-state index in [1.165, 1.54) is 0 Å². The standard InChI is InChI=1S/C26H32N4O3/c1-19-9-8-14-22-28-23(31)17-26(2,30(19)22)25(33)29(16-15-20-10-4-3-5-11-20)18-24(32)27-21-12-6-7-13-21/h3-5,8-11,14,21H,6-7,12-13,15-18H2,1-2H3,(H,27,32). The molecule has 1 aromatic rings. The molecule has 33 heavy (non-hydrogen) atoms. The van der Waals surface area contributed by atoms with Crippen LogP contribution in [0.5, 0.6) is 0 Å². The van der Waals surface area contributed by atoms with Crippen LogP contribution in [0.1, 0.15) is 51.5 Å². The molecule has 0 radical (unpaired) electrons. The van der Waals surface area contributed by atoms with Crippen molar-refractivity contribution in [3.63, 3.8) is 0 Å². The summed E-state index contributed by atoms with van der Waals surface area (Å²) in [5.41, 5.74) is 0.803. The van der Waals surface area contributed by atoms with E-state index in [2.05, 4.69) is 10.3 Å². The van der Waals surface area contributed by atoms with Crippen LogP contribution in [0.2, 0.25) is 0 Å². The molecule has 1 aliphatic carbocycles. The van der Waals surface area contributed by atoms with Gasteiger partial charge in [-0.3, -0.25) is 14.4 Å². The highest BCUT2D eigenvalue weighted by Crippen LogP contribution is 2.33. The maximum atomic E-state index is 14.0. The van der Waals surface area contributed by atoms with Gasteiger partial charge < -0.3 is 15.1 Å². The number of aliphatic imine (C=N–C) groups is 1. The summed E-state index contributed by atoms with van der Waals surface area (Å²) in [7, 11) is 0. The first-order valence-electron chi connectivity index (χ1n) is 11.8. The molecule has 1 atom stereocenters. The third-order valence-corrected chi connectivity index (χ3v) is 6.71. The Labute approximate surface area is 195 Å². The molecule has 0 saturated heterocycles. The van der Waals surface area contributed by atoms with Crippen LogP contribution in [0.25, 0.3) is 0 Å². The number of fused-ring (bicyclic) bond motifs is 1. The summed E-state index contributed by atoms with van der Waals surface area (Å²) in [5, 5.41) is 3.09. The van der Waals surface area contributed by atoms with E-state index in [9.17, 15) is 14.4 Å². The van der Waals surface area contributed by atoms with E-state index in [0.29, 0.717) is 18.8 Å². The average Bonchev–Trinajstić information content (AvgIpc) is 3.29. The fourth-order valence-electron chi connectivity index (χ4n) is 5.06. The van der Waals surface area contributed by atoms with Crippen LogP contribution >= 0.6 is 0 Å². The van der Waals surface area contributed by atoms with Crippen molar-refractivity contribution >= 4 is 23.6 Å². The van der Waals surface area contributed by atoms with Gasteiger partial charge in [0.1, 0.15) is 11.4 Å². The molecule has 3 amide bonds. The topological polar surface area (TPSA) is 82.1 Å². The van der Waals surface area contributed by atoms with E-state index in [1.807, 2.05) is 54.3 Å². The van der Waals surface area contributed by atoms with Crippen molar-refractivity contribution in [2.45, 2.75) is 64.0 Å². The van der Waals surface area contributed by atoms with E-state index in [4.69, 9.17) is 0 Å². The van der Waals surface area contributed by atoms with Gasteiger partial charge in [0.25, 0.3) is 5.91 Å². The smallest absolute Gasteiger partial charge is 0.250 e. The lowest BCUT2D eigenvalue weighted by atomic mass is 9.89. The Balaban J connectivity index is 1.57. The number of allylic oxidation sites excluding steroid dienone is 3. The number of carbonyl (C=O) groups excluding carboxylic acids is 3. The van der Waals surface area contributed by atoms with Crippen LogP contribution in [0.15, 0.2) is 59.2 Å². The highest BCUT2D eigenvalue weighted by molar-refractivity contribution is 6.10. The Morgan fingerprint density at radius 3 is 2.67 bits per heavy atom. The monoisotopic (exact) mass is 448 g/mol. The van der Waals surface area contributed by atoms with Gasteiger partial charge in [0, 0.05) is 18.3 Å². The lowest BCUT2D eigenvalue weighted by Gasteiger charge is -2.46. The van der Waals surface area contributed by atoms with Gasteiger partial charge in [-0.2, -0.15) is 4.99 Å². The molecule has 2 aliphatic heterocycles. The molecular weight excluding hydrogens is 416 g/mol. The van der Waals surface area contributed by atoms with Crippen molar-refractivity contribution in [2.24, 2.45) is 4.99 Å². The van der Waals surface area contributed by atoms with Crippen molar-refractivity contribution in [1.29, 1.82) is 0 Å². The summed E-state index contributed by atoms with van der Waals surface area (Å²) in [6, 6.07) is 10.1. The third-order valence-electron chi connectivity index (χ3n) is 6.71. The summed E-state index contributed by atoms with van der Waals surface area (Å²) >= 11 is 0. The van der Waals surface area contributed by atoms with E-state index in [1.54, 1.807) is 17.9 Å². The fraction of sp³-hybridized carbons (Fsp3) is 0.462. The molecule has 7 heteroatoms. The molecule has 0 bridgehead atoms. The SMILES string of the molecule is CC1=CC=CC2=NC(=O)CC(C)(C(=O)N(CCc3ccccc3)CC(=O)NC3CCCC3)N12. The fourth-order valence-corrected chi connectivity index (χ4v) is 5.06. The number of rotatable bonds is 7. The molecule has 0 aromatic heterocycles. The van der Waals surface area contributed by atoms with Crippen LogP contribution in [-0.4, -0.2) is 58.0 Å². The number of amidine groups is 1. The second-order valence-electron chi connectivity index (χ2n) is 9.33. The summed E-state index contributed by atoms with van der Waals surface area (Å²) in [4.78, 5) is 47.0. The van der Waals surface area contributed by atoms with Gasteiger partial charge in [-0.25, -0.2) is 0 Å². The first-order valence-corrected chi connectivity index (χ1v) is 11.8. The Morgan fingerprint density at radius 2 is 1.94 bits per heavy atom. The van der Waals surface area contributed by atoms with Gasteiger partial charge in [0.15, 0.2) is 0 Å². The normalized spacial score (nSPS) is 22.5. The summed E-state index contributed by atoms with van der Waals surface area (Å²) in [6.07, 6.45) is 10.3. The van der Waals surface area contributed by atoms with Gasteiger partial charge in [0.2, 0.25) is 11.8 Å². The van der Waals surface area contributed by atoms with Crippen molar-refractivity contribution < 1.29 is 14.4 Å². The summed E-state index contributed by atoms with van der Waals surface area (Å²) in [5.74, 6) is -0.229.